The van der Waals surface area contributed by atoms with Gasteiger partial charge in [-0.05, 0) is 57.8 Å². The van der Waals surface area contributed by atoms with E-state index in [0.717, 1.165) is 70.6 Å². The summed E-state index contributed by atoms with van der Waals surface area (Å²) in [6.07, 6.45) is 81.7. The van der Waals surface area contributed by atoms with Crippen LogP contribution >= 0.6 is 7.82 Å². The fourth-order valence-corrected chi connectivity index (χ4v) is 10.8. The Kier molecular flexibility index (Phi) is 58.4. The van der Waals surface area contributed by atoms with Gasteiger partial charge >= 0.3 is 7.82 Å². The zero-order chi connectivity index (χ0) is 57.0. The van der Waals surface area contributed by atoms with Crippen molar-refractivity contribution in [3.63, 3.8) is 0 Å². The fourth-order valence-electron chi connectivity index (χ4n) is 10.1. The lowest BCUT2D eigenvalue weighted by atomic mass is 10.0. The highest BCUT2D eigenvalue weighted by Gasteiger charge is 2.28. The molecule has 8 nitrogen and oxygen atoms in total. The average molecular weight is 1120 g/mol. The summed E-state index contributed by atoms with van der Waals surface area (Å²) >= 11 is 0. The maximum absolute atomic E-state index is 13.1. The molecule has 0 heterocycles. The van der Waals surface area contributed by atoms with Crippen LogP contribution in [0.25, 0.3) is 0 Å². The topological polar surface area (TPSA) is 105 Å². The quantitative estimate of drug-likeness (QED) is 0.0243. The minimum absolute atomic E-state index is 0.0755. The van der Waals surface area contributed by atoms with Gasteiger partial charge in [-0.1, -0.05) is 319 Å². The van der Waals surface area contributed by atoms with Gasteiger partial charge in [0, 0.05) is 6.42 Å². The van der Waals surface area contributed by atoms with E-state index in [9.17, 15) is 19.4 Å². The number of carbonyl (C=O) groups excluding carboxylic acids is 1. The molecule has 0 aliphatic rings. The predicted molar refractivity (Wildman–Crippen MR) is 341 cm³/mol. The second-order valence-electron chi connectivity index (χ2n) is 24.2. The van der Waals surface area contributed by atoms with Crippen LogP contribution in [0.5, 0.6) is 0 Å². The molecule has 458 valence electrons. The van der Waals surface area contributed by atoms with Crippen LogP contribution in [0.4, 0.5) is 0 Å². The molecule has 0 saturated carbocycles. The second-order valence-corrected chi connectivity index (χ2v) is 25.6. The number of phosphoric acid groups is 1. The number of amides is 1. The van der Waals surface area contributed by atoms with Crippen molar-refractivity contribution in [2.24, 2.45) is 0 Å². The molecule has 3 unspecified atom stereocenters. The first kappa shape index (κ1) is 76.2. The van der Waals surface area contributed by atoms with Gasteiger partial charge in [0.25, 0.3) is 0 Å². The van der Waals surface area contributed by atoms with Crippen LogP contribution < -0.4 is 5.32 Å². The molecular weight excluding hydrogens is 984 g/mol. The minimum Gasteiger partial charge on any atom is -0.391 e. The highest BCUT2D eigenvalue weighted by atomic mass is 31.2. The van der Waals surface area contributed by atoms with Crippen LogP contribution in [-0.4, -0.2) is 73.4 Å². The van der Waals surface area contributed by atoms with Crippen molar-refractivity contribution in [1.82, 2.24) is 5.32 Å². The van der Waals surface area contributed by atoms with E-state index in [4.69, 9.17) is 9.05 Å². The van der Waals surface area contributed by atoms with Crippen LogP contribution in [0.15, 0.2) is 60.8 Å². The second kappa shape index (κ2) is 59.8. The molecule has 0 saturated heterocycles. The first-order valence-corrected chi connectivity index (χ1v) is 35.1. The highest BCUT2D eigenvalue weighted by molar-refractivity contribution is 7.47. The van der Waals surface area contributed by atoms with Crippen LogP contribution in [0.3, 0.4) is 0 Å². The van der Waals surface area contributed by atoms with E-state index < -0.39 is 20.0 Å². The Morgan fingerprint density at radius 3 is 1.13 bits per heavy atom. The number of unbranched alkanes of at least 4 members (excludes halogenated alkanes) is 39. The summed E-state index contributed by atoms with van der Waals surface area (Å²) in [6.45, 7) is 4.82. The van der Waals surface area contributed by atoms with E-state index >= 15 is 0 Å². The van der Waals surface area contributed by atoms with Gasteiger partial charge in [0.15, 0.2) is 0 Å². The van der Waals surface area contributed by atoms with E-state index in [0.29, 0.717) is 23.9 Å². The third-order valence-corrected chi connectivity index (χ3v) is 16.3. The zero-order valence-electron chi connectivity index (χ0n) is 52.4. The molecule has 0 rings (SSSR count). The Hall–Kier alpha value is -1.80. The number of aliphatic hydroxyl groups excluding tert-OH is 1. The van der Waals surface area contributed by atoms with Gasteiger partial charge in [-0.2, -0.15) is 0 Å². The third-order valence-electron chi connectivity index (χ3n) is 15.3. The molecule has 9 heteroatoms. The Morgan fingerprint density at radius 2 is 0.769 bits per heavy atom. The molecule has 0 fully saturated rings. The minimum atomic E-state index is -4.33. The molecule has 0 aromatic heterocycles. The molecule has 0 spiro atoms. The highest BCUT2D eigenvalue weighted by Crippen LogP contribution is 2.43. The van der Waals surface area contributed by atoms with Crippen molar-refractivity contribution in [2.75, 3.05) is 40.9 Å². The van der Waals surface area contributed by atoms with Crippen molar-refractivity contribution in [3.8, 4) is 0 Å². The molecule has 0 radical (unpaired) electrons. The average Bonchev–Trinajstić information content (AvgIpc) is 3.41. The molecule has 0 aliphatic heterocycles. The van der Waals surface area contributed by atoms with Crippen molar-refractivity contribution >= 4 is 13.7 Å². The van der Waals surface area contributed by atoms with Crippen molar-refractivity contribution in [2.45, 2.75) is 334 Å². The number of quaternary nitrogens is 1. The van der Waals surface area contributed by atoms with Gasteiger partial charge in [-0.15, -0.1) is 0 Å². The summed E-state index contributed by atoms with van der Waals surface area (Å²) in [5.74, 6) is -0.139. The van der Waals surface area contributed by atoms with Gasteiger partial charge < -0.3 is 19.8 Å². The Balaban J connectivity index is 4.00. The summed E-state index contributed by atoms with van der Waals surface area (Å²) in [5, 5.41) is 14.1. The molecule has 1 amide bonds. The number of rotatable bonds is 62. The predicted octanol–water partition coefficient (Wildman–Crippen LogP) is 21.2. The van der Waals surface area contributed by atoms with E-state index in [1.807, 2.05) is 21.1 Å². The summed E-state index contributed by atoms with van der Waals surface area (Å²) in [6, 6.07) is -0.762. The van der Waals surface area contributed by atoms with Crippen molar-refractivity contribution in [3.05, 3.63) is 60.8 Å². The summed E-state index contributed by atoms with van der Waals surface area (Å²) in [7, 11) is 1.63. The number of nitrogens with zero attached hydrogens (tertiary/aromatic N) is 1. The molecule has 0 bridgehead atoms. The standard InChI is InChI=1S/C69H131N2O6P/c1-6-8-10-12-14-16-18-20-22-24-26-28-29-30-31-32-33-34-35-36-37-38-39-40-41-43-45-47-49-51-53-55-57-59-61-63-69(73)70-67(66-77-78(74,75)76-65-64-71(3,4)5)68(72)62-60-58-56-54-52-50-48-46-44-42-27-25-23-21-19-17-15-13-11-9-7-2/h8,10,14,16,20,22,26,28,30-31,67-68,72H,6-7,9,11-13,15,17-19,21,23-25,27,29,32-66H2,1-5H3,(H-,70,73,74,75)/p+1/b10-8-,16-14-,22-20-,28-26-,31-30-. The Labute approximate surface area is 485 Å². The molecule has 3 atom stereocenters. The Bertz CT molecular complexity index is 1450. The lowest BCUT2D eigenvalue weighted by Crippen LogP contribution is -2.46. The molecular formula is C69H132N2O6P+. The number of nitrogens with one attached hydrogen (secondary N) is 1. The molecule has 3 N–H and O–H groups in total. The lowest BCUT2D eigenvalue weighted by Gasteiger charge is -2.26. The van der Waals surface area contributed by atoms with Crippen LogP contribution in [0, 0.1) is 0 Å². The molecule has 0 aromatic carbocycles. The van der Waals surface area contributed by atoms with Gasteiger partial charge in [-0.3, -0.25) is 13.8 Å². The largest absolute Gasteiger partial charge is 0.472 e. The number of phosphoric ester groups is 1. The van der Waals surface area contributed by atoms with Gasteiger partial charge in [0.2, 0.25) is 5.91 Å². The first-order valence-electron chi connectivity index (χ1n) is 33.7. The van der Waals surface area contributed by atoms with E-state index in [-0.39, 0.29) is 19.1 Å². The number of aliphatic hydroxyl groups is 1. The number of hydrogen-bond donors (Lipinski definition) is 3. The number of hydrogen-bond acceptors (Lipinski definition) is 5. The van der Waals surface area contributed by atoms with Crippen LogP contribution in [0.1, 0.15) is 322 Å². The summed E-state index contributed by atoms with van der Waals surface area (Å²) in [5.41, 5.74) is 0. The Morgan fingerprint density at radius 1 is 0.449 bits per heavy atom. The number of allylic oxidation sites excluding steroid dienone is 10. The van der Waals surface area contributed by atoms with Crippen LogP contribution in [-0.2, 0) is 18.4 Å². The van der Waals surface area contributed by atoms with Gasteiger partial charge in [-0.25, -0.2) is 4.57 Å². The van der Waals surface area contributed by atoms with E-state index in [1.54, 1.807) is 0 Å². The normalized spacial score (nSPS) is 14.1. The summed E-state index contributed by atoms with van der Waals surface area (Å²) in [4.78, 5) is 23.4. The first-order chi connectivity index (χ1) is 38.0. The maximum atomic E-state index is 13.1. The van der Waals surface area contributed by atoms with Gasteiger partial charge in [0.1, 0.15) is 13.2 Å². The molecule has 78 heavy (non-hydrogen) atoms. The fraction of sp³-hybridized carbons (Fsp3) is 0.841. The maximum Gasteiger partial charge on any atom is 0.472 e. The van der Waals surface area contributed by atoms with E-state index in [1.165, 1.54) is 225 Å². The number of carbonyl (C=O) groups is 1. The SMILES string of the molecule is CC/C=C\C/C=C\C/C=C\C/C=C\C/C=C\CCCCCCCCCCCCCCCCCCCCCC(=O)NC(COP(=O)(O)OCC[N+](C)(C)C)C(O)CCCCCCCCCCCCCCCCCCCCCCC. The molecule has 0 aliphatic carbocycles. The zero-order valence-corrected chi connectivity index (χ0v) is 53.3. The third kappa shape index (κ3) is 61.8. The van der Waals surface area contributed by atoms with E-state index in [2.05, 4.69) is 79.9 Å². The smallest absolute Gasteiger partial charge is 0.391 e. The summed E-state index contributed by atoms with van der Waals surface area (Å²) < 4.78 is 23.9. The van der Waals surface area contributed by atoms with Gasteiger partial charge in [0.05, 0.1) is 39.9 Å². The van der Waals surface area contributed by atoms with Crippen LogP contribution in [0.2, 0.25) is 0 Å². The number of likely N-dealkylation sites (N-methyl/N-ethyl adjacent to an activating group) is 1. The van der Waals surface area contributed by atoms with Crippen molar-refractivity contribution in [1.29, 1.82) is 0 Å². The lowest BCUT2D eigenvalue weighted by molar-refractivity contribution is -0.870. The van der Waals surface area contributed by atoms with Crippen molar-refractivity contribution < 1.29 is 32.9 Å². The molecule has 0 aromatic rings. The monoisotopic (exact) mass is 1120 g/mol.